The highest BCUT2D eigenvalue weighted by atomic mass is 127. The predicted molar refractivity (Wildman–Crippen MR) is 70.9 cm³/mol. The Balaban J connectivity index is 2.32. The van der Waals surface area contributed by atoms with Gasteiger partial charge in [0.2, 0.25) is 0 Å². The van der Waals surface area contributed by atoms with Crippen molar-refractivity contribution >= 4 is 40.3 Å². The molecule has 3 N–H and O–H groups in total. The Morgan fingerprint density at radius 1 is 1.47 bits per heavy atom. The Labute approximate surface area is 107 Å². The Bertz CT molecular complexity index is 329. The van der Waals surface area contributed by atoms with E-state index >= 15 is 0 Å². The zero-order valence-electron chi connectivity index (χ0n) is 8.02. The Hall–Kier alpha value is -0.270. The van der Waals surface area contributed by atoms with Gasteiger partial charge in [-0.25, -0.2) is 0 Å². The average molecular weight is 337 g/mol. The Kier molecular flexibility index (Phi) is 5.41. The lowest BCUT2D eigenvalue weighted by Gasteiger charge is -2.05. The third kappa shape index (κ3) is 4.85. The number of hydrogen-bond acceptors (Lipinski definition) is 3. The van der Waals surface area contributed by atoms with E-state index in [2.05, 4.69) is 22.6 Å². The monoisotopic (exact) mass is 337 g/mol. The molecule has 0 saturated carbocycles. The van der Waals surface area contributed by atoms with E-state index in [4.69, 9.17) is 10.8 Å². The first-order chi connectivity index (χ1) is 7.09. The van der Waals surface area contributed by atoms with Gasteiger partial charge in [0.15, 0.2) is 0 Å². The first kappa shape index (κ1) is 12.8. The summed E-state index contributed by atoms with van der Waals surface area (Å²) in [5, 5.41) is 8.58. The summed E-state index contributed by atoms with van der Waals surface area (Å²) < 4.78 is 1.20. The molecule has 82 valence electrons. The van der Waals surface area contributed by atoms with Gasteiger partial charge in [0.05, 0.1) is 0 Å². The van der Waals surface area contributed by atoms with Gasteiger partial charge < -0.3 is 10.8 Å². The van der Waals surface area contributed by atoms with Crippen LogP contribution in [0.1, 0.15) is 5.56 Å². The molecule has 0 heterocycles. The zero-order chi connectivity index (χ0) is 11.3. The highest BCUT2D eigenvalue weighted by Crippen LogP contribution is 2.14. The van der Waals surface area contributed by atoms with E-state index in [-0.39, 0.29) is 0 Å². The molecule has 3 nitrogen and oxygen atoms in total. The predicted octanol–water partition coefficient (Wildman–Crippen LogP) is 1.94. The summed E-state index contributed by atoms with van der Waals surface area (Å²) in [6, 6.07) is 7.39. The van der Waals surface area contributed by atoms with E-state index in [1.54, 1.807) is 11.8 Å². The van der Waals surface area contributed by atoms with E-state index in [1.165, 1.54) is 9.13 Å². The molecule has 0 saturated heterocycles. The second kappa shape index (κ2) is 6.34. The fraction of sp³-hybridized carbons (Fsp3) is 0.300. The van der Waals surface area contributed by atoms with Crippen LogP contribution in [-0.2, 0) is 10.5 Å². The normalized spacial score (nSPS) is 12.4. The maximum atomic E-state index is 10.4. The molecule has 0 aliphatic carbocycles. The van der Waals surface area contributed by atoms with E-state index < -0.39 is 12.0 Å². The lowest BCUT2D eigenvalue weighted by atomic mass is 10.2. The third-order valence-corrected chi connectivity index (χ3v) is 3.65. The number of carboxylic acid groups (broad SMARTS) is 1. The number of thioether (sulfide) groups is 1. The maximum Gasteiger partial charge on any atom is 0.321 e. The molecule has 15 heavy (non-hydrogen) atoms. The lowest BCUT2D eigenvalue weighted by Crippen LogP contribution is -2.32. The highest BCUT2D eigenvalue weighted by molar-refractivity contribution is 14.1. The summed E-state index contributed by atoms with van der Waals surface area (Å²) in [5.74, 6) is 0.310. The zero-order valence-corrected chi connectivity index (χ0v) is 11.0. The van der Waals surface area contributed by atoms with E-state index in [0.717, 1.165) is 5.75 Å². The topological polar surface area (TPSA) is 63.3 Å². The van der Waals surface area contributed by atoms with Crippen molar-refractivity contribution in [2.75, 3.05) is 5.75 Å². The molecule has 0 amide bonds. The first-order valence-electron chi connectivity index (χ1n) is 4.40. The van der Waals surface area contributed by atoms with Crippen molar-refractivity contribution in [1.82, 2.24) is 0 Å². The van der Waals surface area contributed by atoms with Gasteiger partial charge in [-0.15, -0.1) is 0 Å². The molecule has 0 aliphatic rings. The molecule has 0 aromatic heterocycles. The molecule has 0 fully saturated rings. The average Bonchev–Trinajstić information content (AvgIpc) is 2.20. The van der Waals surface area contributed by atoms with Gasteiger partial charge in [-0.05, 0) is 40.3 Å². The van der Waals surface area contributed by atoms with Gasteiger partial charge in [-0.3, -0.25) is 4.79 Å². The minimum absolute atomic E-state index is 0.446. The van der Waals surface area contributed by atoms with Crippen LogP contribution in [0.4, 0.5) is 0 Å². The third-order valence-electron chi connectivity index (χ3n) is 1.80. The standard InChI is InChI=1S/C10H12INO2S/c11-8-3-1-7(2-4-8)5-15-6-9(12)10(13)14/h1-4,9H,5-6,12H2,(H,13,14)/t9-/m1/s1. The number of carbonyl (C=O) groups is 1. The van der Waals surface area contributed by atoms with Crippen molar-refractivity contribution in [2.45, 2.75) is 11.8 Å². The fourth-order valence-corrected chi connectivity index (χ4v) is 2.26. The number of hydrogen-bond donors (Lipinski definition) is 2. The molecule has 1 atom stereocenters. The van der Waals surface area contributed by atoms with Gasteiger partial charge in [0.1, 0.15) is 6.04 Å². The summed E-state index contributed by atoms with van der Waals surface area (Å²) in [6.07, 6.45) is 0. The van der Waals surface area contributed by atoms with Crippen LogP contribution in [0, 0.1) is 3.57 Å². The number of benzene rings is 1. The highest BCUT2D eigenvalue weighted by Gasteiger charge is 2.10. The quantitative estimate of drug-likeness (QED) is 0.806. The molecule has 0 spiro atoms. The van der Waals surface area contributed by atoms with E-state index in [1.807, 2.05) is 24.3 Å². The van der Waals surface area contributed by atoms with Crippen LogP contribution in [-0.4, -0.2) is 22.9 Å². The van der Waals surface area contributed by atoms with Crippen molar-refractivity contribution in [3.63, 3.8) is 0 Å². The van der Waals surface area contributed by atoms with Crippen molar-refractivity contribution in [3.8, 4) is 0 Å². The van der Waals surface area contributed by atoms with Crippen molar-refractivity contribution in [1.29, 1.82) is 0 Å². The number of aliphatic carboxylic acids is 1. The number of rotatable bonds is 5. The molecule has 0 radical (unpaired) electrons. The summed E-state index contributed by atoms with van der Waals surface area (Å²) in [4.78, 5) is 10.4. The minimum Gasteiger partial charge on any atom is -0.480 e. The number of halogens is 1. The van der Waals surface area contributed by atoms with Gasteiger partial charge in [0.25, 0.3) is 0 Å². The Morgan fingerprint density at radius 3 is 2.60 bits per heavy atom. The van der Waals surface area contributed by atoms with Gasteiger partial charge >= 0.3 is 5.97 Å². The van der Waals surface area contributed by atoms with Crippen LogP contribution in [0.2, 0.25) is 0 Å². The van der Waals surface area contributed by atoms with Crippen molar-refractivity contribution in [2.24, 2.45) is 5.73 Å². The summed E-state index contributed by atoms with van der Waals surface area (Å²) in [5.41, 5.74) is 6.58. The largest absolute Gasteiger partial charge is 0.480 e. The fourth-order valence-electron chi connectivity index (χ4n) is 0.956. The summed E-state index contributed by atoms with van der Waals surface area (Å²) in [6.45, 7) is 0. The summed E-state index contributed by atoms with van der Waals surface area (Å²) in [7, 11) is 0. The van der Waals surface area contributed by atoms with Crippen LogP contribution >= 0.6 is 34.4 Å². The van der Waals surface area contributed by atoms with Gasteiger partial charge in [0, 0.05) is 15.1 Å². The van der Waals surface area contributed by atoms with Crippen LogP contribution in [0.25, 0.3) is 0 Å². The first-order valence-corrected chi connectivity index (χ1v) is 6.63. The number of carboxylic acids is 1. The van der Waals surface area contributed by atoms with Crippen LogP contribution in [0.3, 0.4) is 0 Å². The molecule has 1 rings (SSSR count). The second-order valence-corrected chi connectivity index (χ2v) is 5.36. The van der Waals surface area contributed by atoms with Gasteiger partial charge in [-0.2, -0.15) is 11.8 Å². The maximum absolute atomic E-state index is 10.4. The SMILES string of the molecule is N[C@H](CSCc1ccc(I)cc1)C(=O)O. The molecular weight excluding hydrogens is 325 g/mol. The molecular formula is C10H12INO2S. The van der Waals surface area contributed by atoms with Crippen LogP contribution < -0.4 is 5.73 Å². The summed E-state index contributed by atoms with van der Waals surface area (Å²) >= 11 is 3.79. The van der Waals surface area contributed by atoms with E-state index in [9.17, 15) is 4.79 Å². The van der Waals surface area contributed by atoms with Crippen molar-refractivity contribution < 1.29 is 9.90 Å². The molecule has 1 aromatic rings. The molecule has 0 unspecified atom stereocenters. The molecule has 0 aliphatic heterocycles. The smallest absolute Gasteiger partial charge is 0.321 e. The van der Waals surface area contributed by atoms with Crippen LogP contribution in [0.15, 0.2) is 24.3 Å². The second-order valence-electron chi connectivity index (χ2n) is 3.09. The van der Waals surface area contributed by atoms with E-state index in [0.29, 0.717) is 5.75 Å². The van der Waals surface area contributed by atoms with Crippen LogP contribution in [0.5, 0.6) is 0 Å². The number of nitrogens with two attached hydrogens (primary N) is 1. The minimum atomic E-state index is -0.940. The van der Waals surface area contributed by atoms with Crippen molar-refractivity contribution in [3.05, 3.63) is 33.4 Å². The molecule has 1 aromatic carbocycles. The molecule has 5 heteroatoms. The molecule has 0 bridgehead atoms. The Morgan fingerprint density at radius 2 is 2.07 bits per heavy atom. The van der Waals surface area contributed by atoms with Gasteiger partial charge in [-0.1, -0.05) is 12.1 Å². The lowest BCUT2D eigenvalue weighted by molar-refractivity contribution is -0.137.